The first-order valence-electron chi connectivity index (χ1n) is 9.92. The number of para-hydroxylation sites is 1. The SMILES string of the molecule is OC(CCN1CCC(O)(c2cnc3ccccc3c2)CC1)Oc1ccc(I)cc1. The summed E-state index contributed by atoms with van der Waals surface area (Å²) in [7, 11) is 0. The highest BCUT2D eigenvalue weighted by Crippen LogP contribution is 2.33. The minimum absolute atomic E-state index is 0.530. The highest BCUT2D eigenvalue weighted by molar-refractivity contribution is 14.1. The minimum atomic E-state index is -0.843. The van der Waals surface area contributed by atoms with Crippen LogP contribution in [0, 0.1) is 3.57 Å². The monoisotopic (exact) mass is 504 g/mol. The molecule has 1 aromatic heterocycles. The Labute approximate surface area is 184 Å². The molecule has 2 heterocycles. The maximum absolute atomic E-state index is 11.2. The van der Waals surface area contributed by atoms with Crippen LogP contribution in [0.15, 0.2) is 60.8 Å². The van der Waals surface area contributed by atoms with Gasteiger partial charge in [-0.2, -0.15) is 0 Å². The molecule has 0 bridgehead atoms. The third-order valence-electron chi connectivity index (χ3n) is 5.59. The number of piperidine rings is 1. The van der Waals surface area contributed by atoms with Crippen LogP contribution in [0.3, 0.4) is 0 Å². The van der Waals surface area contributed by atoms with Gasteiger partial charge in [-0.1, -0.05) is 18.2 Å². The molecule has 29 heavy (non-hydrogen) atoms. The fourth-order valence-electron chi connectivity index (χ4n) is 3.78. The van der Waals surface area contributed by atoms with Gasteiger partial charge >= 0.3 is 0 Å². The summed E-state index contributed by atoms with van der Waals surface area (Å²) in [6.07, 6.45) is 2.81. The summed E-state index contributed by atoms with van der Waals surface area (Å²) in [5.74, 6) is 0.676. The largest absolute Gasteiger partial charge is 0.465 e. The van der Waals surface area contributed by atoms with Crippen LogP contribution in [0.1, 0.15) is 24.8 Å². The molecule has 5 nitrogen and oxygen atoms in total. The van der Waals surface area contributed by atoms with Gasteiger partial charge in [0.25, 0.3) is 0 Å². The van der Waals surface area contributed by atoms with Crippen LogP contribution in [0.25, 0.3) is 10.9 Å². The molecule has 0 amide bonds. The number of likely N-dealkylation sites (tertiary alicyclic amines) is 1. The maximum atomic E-state index is 11.2. The second-order valence-electron chi connectivity index (χ2n) is 7.61. The lowest BCUT2D eigenvalue weighted by Gasteiger charge is -2.38. The van der Waals surface area contributed by atoms with Crippen molar-refractivity contribution in [3.8, 4) is 5.75 Å². The van der Waals surface area contributed by atoms with Crippen molar-refractivity contribution in [3.63, 3.8) is 0 Å². The Balaban J connectivity index is 1.29. The average molecular weight is 504 g/mol. The molecule has 0 spiro atoms. The lowest BCUT2D eigenvalue weighted by atomic mass is 9.85. The summed E-state index contributed by atoms with van der Waals surface area (Å²) in [6.45, 7) is 2.29. The van der Waals surface area contributed by atoms with E-state index in [1.807, 2.05) is 48.5 Å². The highest BCUT2D eigenvalue weighted by Gasteiger charge is 2.34. The summed E-state index contributed by atoms with van der Waals surface area (Å²) >= 11 is 2.24. The van der Waals surface area contributed by atoms with Gasteiger partial charge in [-0.25, -0.2) is 0 Å². The van der Waals surface area contributed by atoms with Crippen molar-refractivity contribution in [2.24, 2.45) is 0 Å². The molecule has 1 aliphatic heterocycles. The molecule has 0 saturated carbocycles. The molecule has 0 aliphatic carbocycles. The van der Waals surface area contributed by atoms with Crippen molar-refractivity contribution < 1.29 is 14.9 Å². The first kappa shape index (κ1) is 20.5. The van der Waals surface area contributed by atoms with E-state index in [-0.39, 0.29) is 0 Å². The molecule has 4 rings (SSSR count). The first-order chi connectivity index (χ1) is 14.0. The summed E-state index contributed by atoms with van der Waals surface area (Å²) < 4.78 is 6.71. The summed E-state index contributed by atoms with van der Waals surface area (Å²) in [4.78, 5) is 6.77. The van der Waals surface area contributed by atoms with Crippen LogP contribution in [-0.2, 0) is 5.60 Å². The van der Waals surface area contributed by atoms with Crippen molar-refractivity contribution in [3.05, 3.63) is 69.9 Å². The van der Waals surface area contributed by atoms with Gasteiger partial charge in [0.1, 0.15) is 5.75 Å². The number of benzene rings is 2. The van der Waals surface area contributed by atoms with Crippen molar-refractivity contribution in [1.82, 2.24) is 9.88 Å². The number of aliphatic hydroxyl groups is 2. The third-order valence-corrected chi connectivity index (χ3v) is 6.31. The van der Waals surface area contributed by atoms with Crippen LogP contribution in [0.5, 0.6) is 5.75 Å². The van der Waals surface area contributed by atoms with Gasteiger partial charge in [0.2, 0.25) is 0 Å². The van der Waals surface area contributed by atoms with Crippen molar-refractivity contribution in [2.45, 2.75) is 31.2 Å². The average Bonchev–Trinajstić information content (AvgIpc) is 2.75. The lowest BCUT2D eigenvalue weighted by Crippen LogP contribution is -2.43. The van der Waals surface area contributed by atoms with Crippen LogP contribution >= 0.6 is 22.6 Å². The zero-order valence-corrected chi connectivity index (χ0v) is 18.3. The Morgan fingerprint density at radius 3 is 2.59 bits per heavy atom. The van der Waals surface area contributed by atoms with E-state index < -0.39 is 11.9 Å². The zero-order chi connectivity index (χ0) is 20.3. The Morgan fingerprint density at radius 2 is 1.83 bits per heavy atom. The van der Waals surface area contributed by atoms with Gasteiger partial charge in [-0.05, 0) is 71.8 Å². The number of fused-ring (bicyclic) bond motifs is 1. The molecule has 1 aliphatic rings. The molecule has 1 unspecified atom stereocenters. The zero-order valence-electron chi connectivity index (χ0n) is 16.2. The Hall–Kier alpha value is -1.74. The van der Waals surface area contributed by atoms with Crippen molar-refractivity contribution in [1.29, 1.82) is 0 Å². The maximum Gasteiger partial charge on any atom is 0.198 e. The van der Waals surface area contributed by atoms with Gasteiger partial charge in [-0.15, -0.1) is 0 Å². The molecule has 2 aromatic carbocycles. The number of aliphatic hydroxyl groups excluding tert-OH is 1. The minimum Gasteiger partial charge on any atom is -0.465 e. The van der Waals surface area contributed by atoms with E-state index >= 15 is 0 Å². The van der Waals surface area contributed by atoms with Crippen molar-refractivity contribution >= 4 is 33.5 Å². The van der Waals surface area contributed by atoms with E-state index in [0.717, 1.165) is 39.7 Å². The van der Waals surface area contributed by atoms with Crippen LogP contribution < -0.4 is 4.74 Å². The van der Waals surface area contributed by atoms with Gasteiger partial charge in [0.05, 0.1) is 11.1 Å². The number of halogens is 1. The van der Waals surface area contributed by atoms with E-state index in [2.05, 4.69) is 38.5 Å². The summed E-state index contributed by atoms with van der Waals surface area (Å²) in [5.41, 5.74) is 0.987. The molecule has 152 valence electrons. The molecule has 2 N–H and O–H groups in total. The third kappa shape index (κ3) is 5.06. The number of hydrogen-bond acceptors (Lipinski definition) is 5. The van der Waals surface area contributed by atoms with Gasteiger partial charge in [0.15, 0.2) is 6.29 Å². The molecule has 3 aromatic rings. The van der Waals surface area contributed by atoms with E-state index in [1.54, 1.807) is 6.20 Å². The van der Waals surface area contributed by atoms with Gasteiger partial charge in [-0.3, -0.25) is 4.98 Å². The number of aromatic nitrogens is 1. The topological polar surface area (TPSA) is 65.8 Å². The number of rotatable bonds is 6. The number of hydrogen-bond donors (Lipinski definition) is 2. The van der Waals surface area contributed by atoms with Crippen LogP contribution in [0.4, 0.5) is 0 Å². The van der Waals surface area contributed by atoms with Crippen LogP contribution in [0.2, 0.25) is 0 Å². The summed E-state index contributed by atoms with van der Waals surface area (Å²) in [5, 5.41) is 22.4. The smallest absolute Gasteiger partial charge is 0.198 e. The molecule has 1 atom stereocenters. The number of nitrogens with zero attached hydrogens (tertiary/aromatic N) is 2. The molecule has 1 fully saturated rings. The molecule has 0 radical (unpaired) electrons. The van der Waals surface area contributed by atoms with E-state index in [9.17, 15) is 10.2 Å². The molecular weight excluding hydrogens is 479 g/mol. The summed E-state index contributed by atoms with van der Waals surface area (Å²) in [6, 6.07) is 17.7. The van der Waals surface area contributed by atoms with Crippen LogP contribution in [-0.4, -0.2) is 46.0 Å². The first-order valence-corrected chi connectivity index (χ1v) is 11.0. The quantitative estimate of drug-likeness (QED) is 0.394. The Bertz CT molecular complexity index is 956. The fourth-order valence-corrected chi connectivity index (χ4v) is 4.14. The lowest BCUT2D eigenvalue weighted by molar-refractivity contribution is -0.0476. The van der Waals surface area contributed by atoms with E-state index in [0.29, 0.717) is 25.0 Å². The molecule has 6 heteroatoms. The van der Waals surface area contributed by atoms with Crippen molar-refractivity contribution in [2.75, 3.05) is 19.6 Å². The predicted octanol–water partition coefficient (Wildman–Crippen LogP) is 3.91. The predicted molar refractivity (Wildman–Crippen MR) is 122 cm³/mol. The molecule has 1 saturated heterocycles. The van der Waals surface area contributed by atoms with E-state index in [1.165, 1.54) is 0 Å². The second-order valence-corrected chi connectivity index (χ2v) is 8.85. The van der Waals surface area contributed by atoms with Gasteiger partial charge in [0, 0.05) is 46.8 Å². The standard InChI is InChI=1S/C23H25IN2O3/c24-19-5-7-20(8-6-19)29-22(27)9-12-26-13-10-23(28,11-14-26)18-15-17-3-1-2-4-21(17)25-16-18/h1-8,15-16,22,27-28H,9-14H2. The highest BCUT2D eigenvalue weighted by atomic mass is 127. The Morgan fingerprint density at radius 1 is 1.10 bits per heavy atom. The molecular formula is C23H25IN2O3. The van der Waals surface area contributed by atoms with E-state index in [4.69, 9.17) is 4.74 Å². The normalized spacial score (nSPS) is 17.9. The fraction of sp³-hybridized carbons (Fsp3) is 0.348. The number of pyridine rings is 1. The second kappa shape index (κ2) is 8.95. The number of ether oxygens (including phenoxy) is 1. The van der Waals surface area contributed by atoms with Gasteiger partial charge < -0.3 is 19.8 Å². The Kier molecular flexibility index (Phi) is 6.34.